The van der Waals surface area contributed by atoms with Crippen LogP contribution in [0.5, 0.6) is 0 Å². The largest absolute Gasteiger partial charge is 0.385 e. The van der Waals surface area contributed by atoms with Crippen molar-refractivity contribution in [2.45, 2.75) is 45.6 Å². The van der Waals surface area contributed by atoms with Gasteiger partial charge in [0.2, 0.25) is 5.91 Å². The first kappa shape index (κ1) is 30.0. The van der Waals surface area contributed by atoms with Gasteiger partial charge in [0.15, 0.2) is 17.3 Å². The Labute approximate surface area is 234 Å². The van der Waals surface area contributed by atoms with Gasteiger partial charge in [0, 0.05) is 58.5 Å². The van der Waals surface area contributed by atoms with Gasteiger partial charge in [-0.3, -0.25) is 9.59 Å². The molecule has 1 aromatic heterocycles. The predicted molar refractivity (Wildman–Crippen MR) is 144 cm³/mol. The number of nitrogens with zero attached hydrogens (tertiary/aromatic N) is 5. The quantitative estimate of drug-likeness (QED) is 0.420. The van der Waals surface area contributed by atoms with Crippen molar-refractivity contribution in [2.75, 3.05) is 59.7 Å². The van der Waals surface area contributed by atoms with E-state index in [1.807, 2.05) is 18.7 Å². The van der Waals surface area contributed by atoms with Crippen molar-refractivity contribution >= 4 is 11.8 Å². The van der Waals surface area contributed by atoms with Crippen LogP contribution in [0.1, 0.15) is 49.3 Å². The maximum atomic E-state index is 14.1. The number of hydrogen-bond acceptors (Lipinski definition) is 7. The molecule has 2 aliphatic heterocycles. The number of unbranched alkanes of at least 4 members (excludes halogenated alkanes) is 1. The summed E-state index contributed by atoms with van der Waals surface area (Å²) in [4.78, 5) is 31.0. The Hall–Kier alpha value is -2.96. The number of piperidine rings is 1. The third kappa shape index (κ3) is 7.21. The van der Waals surface area contributed by atoms with Crippen molar-refractivity contribution in [2.24, 2.45) is 11.8 Å². The minimum atomic E-state index is -1.00. The molecular weight excluding hydrogens is 522 g/mol. The fraction of sp³-hybridized carbons (Fsp3) is 0.643. The highest BCUT2D eigenvalue weighted by Crippen LogP contribution is 2.24. The molecule has 12 heteroatoms. The lowest BCUT2D eigenvalue weighted by Crippen LogP contribution is -2.56. The van der Waals surface area contributed by atoms with E-state index in [1.54, 1.807) is 12.0 Å². The number of rotatable bonds is 11. The molecule has 4 rings (SSSR count). The van der Waals surface area contributed by atoms with Gasteiger partial charge in [-0.15, -0.1) is 5.10 Å². The lowest BCUT2D eigenvalue weighted by atomic mass is 9.92. The summed E-state index contributed by atoms with van der Waals surface area (Å²) in [6.45, 7) is 8.46. The Balaban J connectivity index is 1.61. The molecule has 1 aromatic carbocycles. The van der Waals surface area contributed by atoms with Crippen LogP contribution >= 0.6 is 0 Å². The van der Waals surface area contributed by atoms with Gasteiger partial charge < -0.3 is 24.6 Å². The van der Waals surface area contributed by atoms with Crippen LogP contribution < -0.4 is 5.32 Å². The molecule has 3 heterocycles. The summed E-state index contributed by atoms with van der Waals surface area (Å²) in [5.74, 6) is -2.24. The molecule has 220 valence electrons. The second-order valence-corrected chi connectivity index (χ2v) is 10.9. The number of nitrogens with one attached hydrogen (secondary N) is 1. The molecule has 0 bridgehead atoms. The number of ether oxygens (including phenoxy) is 2. The van der Waals surface area contributed by atoms with Gasteiger partial charge in [0.1, 0.15) is 0 Å². The Morgan fingerprint density at radius 3 is 2.65 bits per heavy atom. The first-order valence-corrected chi connectivity index (χ1v) is 14.1. The summed E-state index contributed by atoms with van der Waals surface area (Å²) >= 11 is 0. The van der Waals surface area contributed by atoms with E-state index in [4.69, 9.17) is 9.47 Å². The highest BCUT2D eigenvalue weighted by Gasteiger charge is 2.37. The summed E-state index contributed by atoms with van der Waals surface area (Å²) in [6.07, 6.45) is 2.44. The second kappa shape index (κ2) is 14.1. The van der Waals surface area contributed by atoms with E-state index in [-0.39, 0.29) is 41.1 Å². The summed E-state index contributed by atoms with van der Waals surface area (Å²) in [7, 11) is 1.63. The van der Waals surface area contributed by atoms with Gasteiger partial charge in [-0.2, -0.15) is 0 Å². The first-order valence-electron chi connectivity index (χ1n) is 14.1. The molecule has 2 aromatic rings. The van der Waals surface area contributed by atoms with Gasteiger partial charge in [0.05, 0.1) is 30.5 Å². The standard InChI is InChI=1S/C28H40F2N6O4/c1-19(2)18-35(22-14-20(16-31-17-22)27(37)34-9-12-40-13-10-34)28(38)26-25(6-4-5-11-39-3)36(33-32-26)21-7-8-23(29)24(30)15-21/h7-8,15,19-20,22,31H,4-6,9-14,16-18H2,1-3H3/t20-,22+/m1/s1. The Morgan fingerprint density at radius 1 is 1.18 bits per heavy atom. The third-order valence-electron chi connectivity index (χ3n) is 7.39. The molecule has 0 spiro atoms. The van der Waals surface area contributed by atoms with Crippen molar-refractivity contribution in [3.8, 4) is 5.69 Å². The van der Waals surface area contributed by atoms with E-state index >= 15 is 0 Å². The molecule has 10 nitrogen and oxygen atoms in total. The van der Waals surface area contributed by atoms with Crippen LogP contribution in [-0.2, 0) is 20.7 Å². The Morgan fingerprint density at radius 2 is 1.95 bits per heavy atom. The zero-order valence-electron chi connectivity index (χ0n) is 23.6. The lowest BCUT2D eigenvalue weighted by molar-refractivity contribution is -0.140. The normalized spacial score (nSPS) is 19.7. The molecule has 2 fully saturated rings. The minimum Gasteiger partial charge on any atom is -0.385 e. The van der Waals surface area contributed by atoms with Crippen molar-refractivity contribution in [3.63, 3.8) is 0 Å². The fourth-order valence-electron chi connectivity index (χ4n) is 5.37. The lowest BCUT2D eigenvalue weighted by Gasteiger charge is -2.40. The molecule has 2 atom stereocenters. The summed E-state index contributed by atoms with van der Waals surface area (Å²) in [5, 5.41) is 11.8. The molecule has 2 aliphatic rings. The maximum Gasteiger partial charge on any atom is 0.276 e. The first-order chi connectivity index (χ1) is 19.3. The third-order valence-corrected chi connectivity index (χ3v) is 7.39. The van der Waals surface area contributed by atoms with E-state index in [0.717, 1.165) is 18.6 Å². The molecule has 2 amide bonds. The number of aromatic nitrogens is 3. The molecule has 0 aliphatic carbocycles. The average Bonchev–Trinajstić information content (AvgIpc) is 3.39. The number of benzene rings is 1. The van der Waals surface area contributed by atoms with E-state index in [2.05, 4.69) is 15.6 Å². The van der Waals surface area contributed by atoms with Crippen molar-refractivity contribution in [3.05, 3.63) is 41.2 Å². The number of halogens is 2. The van der Waals surface area contributed by atoms with E-state index < -0.39 is 11.6 Å². The fourth-order valence-corrected chi connectivity index (χ4v) is 5.37. The molecular formula is C28H40F2N6O4. The molecule has 0 saturated carbocycles. The number of hydrogen-bond donors (Lipinski definition) is 1. The monoisotopic (exact) mass is 562 g/mol. The highest BCUT2D eigenvalue weighted by molar-refractivity contribution is 5.94. The zero-order chi connectivity index (χ0) is 28.6. The van der Waals surface area contributed by atoms with Gasteiger partial charge >= 0.3 is 0 Å². The summed E-state index contributed by atoms with van der Waals surface area (Å²) < 4.78 is 39.7. The van der Waals surface area contributed by atoms with Crippen molar-refractivity contribution in [1.82, 2.24) is 30.1 Å². The average molecular weight is 563 g/mol. The van der Waals surface area contributed by atoms with Crippen molar-refractivity contribution in [1.29, 1.82) is 0 Å². The zero-order valence-corrected chi connectivity index (χ0v) is 23.6. The number of amides is 2. The van der Waals surface area contributed by atoms with Crippen LogP contribution in [0.25, 0.3) is 5.69 Å². The molecule has 2 saturated heterocycles. The number of morpholine rings is 1. The number of carbonyl (C=O) groups is 2. The highest BCUT2D eigenvalue weighted by atomic mass is 19.2. The van der Waals surface area contributed by atoms with Gasteiger partial charge in [-0.1, -0.05) is 19.1 Å². The van der Waals surface area contributed by atoms with Crippen LogP contribution in [0.4, 0.5) is 8.78 Å². The Bertz CT molecular complexity index is 1150. The van der Waals surface area contributed by atoms with Crippen LogP contribution in [0.3, 0.4) is 0 Å². The van der Waals surface area contributed by atoms with Crippen LogP contribution in [0.2, 0.25) is 0 Å². The Kier molecular flexibility index (Phi) is 10.6. The van der Waals surface area contributed by atoms with Crippen LogP contribution in [0, 0.1) is 23.5 Å². The van der Waals surface area contributed by atoms with Crippen LogP contribution in [-0.4, -0.2) is 102 Å². The predicted octanol–water partition coefficient (Wildman–Crippen LogP) is 2.45. The SMILES string of the molecule is COCCCCc1c(C(=O)N(CC(C)C)[C@@H]2CNC[C@H](C(=O)N3CCOCC3)C2)nnn1-c1ccc(F)c(F)c1. The van der Waals surface area contributed by atoms with Crippen molar-refractivity contribution < 1.29 is 27.8 Å². The summed E-state index contributed by atoms with van der Waals surface area (Å²) in [6, 6.07) is 3.29. The molecule has 0 radical (unpaired) electrons. The van der Waals surface area contributed by atoms with Gasteiger partial charge in [-0.25, -0.2) is 13.5 Å². The van der Waals surface area contributed by atoms with E-state index in [9.17, 15) is 18.4 Å². The second-order valence-electron chi connectivity index (χ2n) is 10.9. The molecule has 0 unspecified atom stereocenters. The molecule has 1 N–H and O–H groups in total. The maximum absolute atomic E-state index is 14.1. The summed E-state index contributed by atoms with van der Waals surface area (Å²) in [5.41, 5.74) is 1.01. The van der Waals surface area contributed by atoms with E-state index in [1.165, 1.54) is 10.7 Å². The molecule has 40 heavy (non-hydrogen) atoms. The number of methoxy groups -OCH3 is 1. The number of carbonyl (C=O) groups excluding carboxylic acids is 2. The van der Waals surface area contributed by atoms with Gasteiger partial charge in [-0.05, 0) is 43.7 Å². The van der Waals surface area contributed by atoms with Gasteiger partial charge in [0.25, 0.3) is 5.91 Å². The van der Waals surface area contributed by atoms with E-state index in [0.29, 0.717) is 77.5 Å². The minimum absolute atomic E-state index is 0.0839. The topological polar surface area (TPSA) is 102 Å². The smallest absolute Gasteiger partial charge is 0.276 e. The van der Waals surface area contributed by atoms with Crippen LogP contribution in [0.15, 0.2) is 18.2 Å².